The zero-order chi connectivity index (χ0) is 29.5. The summed E-state index contributed by atoms with van der Waals surface area (Å²) in [7, 11) is 0. The first-order chi connectivity index (χ1) is 20.5. The molecule has 1 aliphatic rings. The van der Waals surface area contributed by atoms with Crippen LogP contribution >= 0.6 is 23.1 Å². The predicted molar refractivity (Wildman–Crippen MR) is 161 cm³/mol. The molecule has 1 atom stereocenters. The van der Waals surface area contributed by atoms with Crippen molar-refractivity contribution in [2.75, 3.05) is 11.5 Å². The number of carbonyl (C=O) groups excluding carboxylic acids is 2. The Balaban J connectivity index is 1.44. The lowest BCUT2D eigenvalue weighted by Crippen LogP contribution is -2.29. The largest absolute Gasteiger partial charge is 0.507 e. The quantitative estimate of drug-likeness (QED) is 0.0463. The number of aliphatic hydroxyl groups is 1. The molecule has 1 aliphatic heterocycles. The first-order valence-corrected chi connectivity index (χ1v) is 15.4. The Bertz CT molecular complexity index is 1560. The summed E-state index contributed by atoms with van der Waals surface area (Å²) in [6, 6.07) is 15.6. The summed E-state index contributed by atoms with van der Waals surface area (Å²) < 4.78 is 19.7. The van der Waals surface area contributed by atoms with E-state index in [0.717, 1.165) is 31.2 Å². The zero-order valence-corrected chi connectivity index (χ0v) is 24.5. The minimum atomic E-state index is -0.931. The molecule has 42 heavy (non-hydrogen) atoms. The van der Waals surface area contributed by atoms with Gasteiger partial charge in [0.15, 0.2) is 4.34 Å². The van der Waals surface area contributed by atoms with E-state index >= 15 is 0 Å². The second-order valence-corrected chi connectivity index (χ2v) is 11.8. The molecule has 0 saturated carbocycles. The molecule has 8 nitrogen and oxygen atoms in total. The number of aliphatic hydroxyl groups excluding tert-OH is 1. The third kappa shape index (κ3) is 6.69. The Hall–Kier alpha value is -4.09. The number of benzene rings is 2. The van der Waals surface area contributed by atoms with E-state index in [0.29, 0.717) is 33.6 Å². The molecule has 1 saturated heterocycles. The average molecular weight is 605 g/mol. The van der Waals surface area contributed by atoms with E-state index in [2.05, 4.69) is 22.1 Å². The van der Waals surface area contributed by atoms with Gasteiger partial charge in [-0.3, -0.25) is 19.5 Å². The Morgan fingerprint density at radius 3 is 2.45 bits per heavy atom. The fourth-order valence-corrected chi connectivity index (χ4v) is 6.38. The van der Waals surface area contributed by atoms with Crippen molar-refractivity contribution in [1.29, 1.82) is 0 Å². The van der Waals surface area contributed by atoms with E-state index < -0.39 is 17.7 Å². The van der Waals surface area contributed by atoms with Crippen LogP contribution in [-0.2, 0) is 15.3 Å². The number of aromatic nitrogens is 3. The highest BCUT2D eigenvalue weighted by atomic mass is 32.2. The second kappa shape index (κ2) is 13.7. The molecule has 0 bridgehead atoms. The van der Waals surface area contributed by atoms with Crippen molar-refractivity contribution in [3.8, 4) is 5.75 Å². The number of unbranched alkanes of at least 4 members (excludes halogenated alkanes) is 3. The summed E-state index contributed by atoms with van der Waals surface area (Å²) in [4.78, 5) is 32.1. The number of pyridine rings is 1. The number of carbonyl (C=O) groups is 2. The molecule has 0 aliphatic carbocycles. The molecule has 1 unspecified atom stereocenters. The minimum absolute atomic E-state index is 0.0462. The molecule has 3 heterocycles. The van der Waals surface area contributed by atoms with Gasteiger partial charge in [-0.2, -0.15) is 0 Å². The topological polar surface area (TPSA) is 106 Å². The van der Waals surface area contributed by atoms with Crippen LogP contribution < -0.4 is 9.64 Å². The lowest BCUT2D eigenvalue weighted by atomic mass is 9.95. The molecule has 1 fully saturated rings. The SMILES string of the molecule is CCCCCCOc1ccc(C2/C(=C(\O)c3ccncc3)C(=O)C(=O)N2c2nnc(SCc3ccc(F)cc3)s2)cc1. The molecular formula is C31H29FN4O4S2. The van der Waals surface area contributed by atoms with Crippen LogP contribution in [0.4, 0.5) is 9.52 Å². The summed E-state index contributed by atoms with van der Waals surface area (Å²) >= 11 is 2.56. The zero-order valence-electron chi connectivity index (χ0n) is 22.9. The smallest absolute Gasteiger partial charge is 0.301 e. The lowest BCUT2D eigenvalue weighted by molar-refractivity contribution is -0.132. The van der Waals surface area contributed by atoms with Crippen molar-refractivity contribution in [2.24, 2.45) is 0 Å². The predicted octanol–water partition coefficient (Wildman–Crippen LogP) is 6.95. The Labute approximate surface area is 251 Å². The van der Waals surface area contributed by atoms with Gasteiger partial charge < -0.3 is 9.84 Å². The van der Waals surface area contributed by atoms with E-state index in [1.165, 1.54) is 52.5 Å². The van der Waals surface area contributed by atoms with Gasteiger partial charge in [-0.05, 0) is 53.9 Å². The van der Waals surface area contributed by atoms with E-state index in [4.69, 9.17) is 4.74 Å². The average Bonchev–Trinajstić information content (AvgIpc) is 3.59. The highest BCUT2D eigenvalue weighted by molar-refractivity contribution is 8.00. The van der Waals surface area contributed by atoms with Gasteiger partial charge in [0.1, 0.15) is 17.3 Å². The van der Waals surface area contributed by atoms with Crippen LogP contribution in [0.25, 0.3) is 5.76 Å². The van der Waals surface area contributed by atoms with Crippen molar-refractivity contribution in [1.82, 2.24) is 15.2 Å². The van der Waals surface area contributed by atoms with Gasteiger partial charge in [0.25, 0.3) is 5.78 Å². The van der Waals surface area contributed by atoms with Crippen LogP contribution in [0.3, 0.4) is 0 Å². The Kier molecular flexibility index (Phi) is 9.60. The van der Waals surface area contributed by atoms with Gasteiger partial charge in [0.2, 0.25) is 5.13 Å². The first kappa shape index (κ1) is 29.4. The lowest BCUT2D eigenvalue weighted by Gasteiger charge is -2.22. The molecule has 11 heteroatoms. The fraction of sp³-hybridized carbons (Fsp3) is 0.258. The van der Waals surface area contributed by atoms with E-state index in [9.17, 15) is 19.1 Å². The van der Waals surface area contributed by atoms with Crippen molar-refractivity contribution >= 4 is 45.7 Å². The summed E-state index contributed by atoms with van der Waals surface area (Å²) in [5.74, 6) is -1.03. The van der Waals surface area contributed by atoms with Crippen LogP contribution in [0.2, 0.25) is 0 Å². The normalized spacial score (nSPS) is 16.2. The van der Waals surface area contributed by atoms with Crippen LogP contribution in [0, 0.1) is 5.82 Å². The van der Waals surface area contributed by atoms with Gasteiger partial charge in [-0.1, -0.05) is 73.6 Å². The monoisotopic (exact) mass is 604 g/mol. The number of thioether (sulfide) groups is 1. The number of amides is 1. The van der Waals surface area contributed by atoms with Crippen LogP contribution in [-0.4, -0.2) is 38.6 Å². The molecule has 216 valence electrons. The van der Waals surface area contributed by atoms with Gasteiger partial charge in [0.05, 0.1) is 18.2 Å². The number of hydrogen-bond acceptors (Lipinski definition) is 9. The van der Waals surface area contributed by atoms with Crippen molar-refractivity contribution in [3.63, 3.8) is 0 Å². The molecule has 0 radical (unpaired) electrons. The van der Waals surface area contributed by atoms with Crippen LogP contribution in [0.15, 0.2) is 83.0 Å². The first-order valence-electron chi connectivity index (χ1n) is 13.6. The van der Waals surface area contributed by atoms with Gasteiger partial charge in [0, 0.05) is 23.7 Å². The van der Waals surface area contributed by atoms with Crippen LogP contribution in [0.5, 0.6) is 5.75 Å². The molecule has 1 amide bonds. The maximum absolute atomic E-state index is 13.4. The third-order valence-electron chi connectivity index (χ3n) is 6.74. The highest BCUT2D eigenvalue weighted by Crippen LogP contribution is 2.44. The van der Waals surface area contributed by atoms with E-state index in [1.807, 2.05) is 0 Å². The second-order valence-electron chi connectivity index (χ2n) is 9.65. The third-order valence-corrected chi connectivity index (χ3v) is 8.87. The maximum atomic E-state index is 13.4. The number of halogens is 1. The number of ketones is 1. The molecule has 0 spiro atoms. The van der Waals surface area contributed by atoms with Crippen molar-refractivity contribution in [2.45, 2.75) is 48.7 Å². The molecule has 2 aromatic carbocycles. The highest BCUT2D eigenvalue weighted by Gasteiger charge is 2.48. The molecular weight excluding hydrogens is 575 g/mol. The van der Waals surface area contributed by atoms with Crippen molar-refractivity contribution < 1.29 is 23.8 Å². The Morgan fingerprint density at radius 2 is 1.74 bits per heavy atom. The van der Waals surface area contributed by atoms with Crippen LogP contribution in [0.1, 0.15) is 55.3 Å². The summed E-state index contributed by atoms with van der Waals surface area (Å²) in [6.45, 7) is 2.76. The van der Waals surface area contributed by atoms with Gasteiger partial charge in [-0.25, -0.2) is 4.39 Å². The number of Topliss-reactive ketones (excluding diaryl/α,β-unsaturated/α-hetero) is 1. The number of rotatable bonds is 12. The fourth-order valence-electron chi connectivity index (χ4n) is 4.56. The molecule has 5 rings (SSSR count). The van der Waals surface area contributed by atoms with Gasteiger partial charge >= 0.3 is 5.91 Å². The van der Waals surface area contributed by atoms with E-state index in [-0.39, 0.29) is 22.3 Å². The molecule has 2 aromatic heterocycles. The number of ether oxygens (including phenoxy) is 1. The van der Waals surface area contributed by atoms with Crippen molar-refractivity contribution in [3.05, 3.63) is 101 Å². The molecule has 1 N–H and O–H groups in total. The standard InChI is InChI=1S/C31H29FN4O4S2/c1-2-3-4-5-18-40-24-12-8-21(9-13-24)26-25(27(37)22-14-16-33-17-15-22)28(38)29(39)36(26)30-34-35-31(42-30)41-19-20-6-10-23(32)11-7-20/h6-17,26,37H,2-5,18-19H2,1H3/b27-25+. The Morgan fingerprint density at radius 1 is 1.00 bits per heavy atom. The van der Waals surface area contributed by atoms with Gasteiger partial charge in [-0.15, -0.1) is 10.2 Å². The van der Waals surface area contributed by atoms with E-state index in [1.54, 1.807) is 48.5 Å². The number of anilines is 1. The summed E-state index contributed by atoms with van der Waals surface area (Å²) in [5.41, 5.74) is 1.84. The number of nitrogens with zero attached hydrogens (tertiary/aromatic N) is 4. The molecule has 4 aromatic rings. The number of hydrogen-bond donors (Lipinski definition) is 1. The maximum Gasteiger partial charge on any atom is 0.301 e. The summed E-state index contributed by atoms with van der Waals surface area (Å²) in [5, 5.41) is 19.9. The summed E-state index contributed by atoms with van der Waals surface area (Å²) in [6.07, 6.45) is 7.38. The minimum Gasteiger partial charge on any atom is -0.507 e.